The Kier molecular flexibility index (Phi) is 3.44. The maximum atomic E-state index is 2.27. The Morgan fingerprint density at radius 3 is 2.36 bits per heavy atom. The molecular formula is C21H18S. The van der Waals surface area contributed by atoms with Crippen LogP contribution in [-0.2, 0) is 6.42 Å². The van der Waals surface area contributed by atoms with E-state index in [9.17, 15) is 0 Å². The second kappa shape index (κ2) is 5.58. The quantitative estimate of drug-likeness (QED) is 0.396. The van der Waals surface area contributed by atoms with Crippen molar-refractivity contribution >= 4 is 31.5 Å². The molecule has 0 aliphatic rings. The van der Waals surface area contributed by atoms with E-state index >= 15 is 0 Å². The van der Waals surface area contributed by atoms with Gasteiger partial charge in [-0.15, -0.1) is 11.3 Å². The predicted octanol–water partition coefficient (Wildman–Crippen LogP) is 6.67. The monoisotopic (exact) mass is 302 g/mol. The molecule has 0 radical (unpaired) electrons. The van der Waals surface area contributed by atoms with Crippen LogP contribution in [0.2, 0.25) is 0 Å². The highest BCUT2D eigenvalue weighted by Crippen LogP contribution is 2.40. The highest BCUT2D eigenvalue weighted by atomic mass is 32.1. The molecule has 3 aromatic carbocycles. The molecular weight excluding hydrogens is 284 g/mol. The van der Waals surface area contributed by atoms with Crippen LogP contribution in [0.5, 0.6) is 0 Å². The summed E-state index contributed by atoms with van der Waals surface area (Å²) >= 11 is 1.89. The van der Waals surface area contributed by atoms with E-state index in [4.69, 9.17) is 0 Å². The van der Waals surface area contributed by atoms with Gasteiger partial charge in [-0.2, -0.15) is 0 Å². The highest BCUT2D eigenvalue weighted by Gasteiger charge is 2.12. The van der Waals surface area contributed by atoms with Crippen molar-refractivity contribution in [3.63, 3.8) is 0 Å². The molecule has 0 aliphatic heterocycles. The molecule has 1 heterocycles. The van der Waals surface area contributed by atoms with Crippen LogP contribution in [0, 0.1) is 0 Å². The molecule has 108 valence electrons. The van der Waals surface area contributed by atoms with Gasteiger partial charge >= 0.3 is 0 Å². The molecule has 0 saturated heterocycles. The van der Waals surface area contributed by atoms with Crippen molar-refractivity contribution in [1.29, 1.82) is 0 Å². The Morgan fingerprint density at radius 2 is 1.45 bits per heavy atom. The van der Waals surface area contributed by atoms with Crippen LogP contribution in [0.1, 0.15) is 18.9 Å². The molecule has 0 nitrogen and oxygen atoms in total. The second-order valence-electron chi connectivity index (χ2n) is 5.68. The van der Waals surface area contributed by atoms with Crippen LogP contribution >= 0.6 is 11.3 Å². The molecule has 0 bridgehead atoms. The Labute approximate surface area is 135 Å². The van der Waals surface area contributed by atoms with Gasteiger partial charge in [0.25, 0.3) is 0 Å². The Morgan fingerprint density at radius 1 is 0.727 bits per heavy atom. The predicted molar refractivity (Wildman–Crippen MR) is 98.8 cm³/mol. The average Bonchev–Trinajstić information content (AvgIpc) is 2.94. The fourth-order valence-corrected chi connectivity index (χ4v) is 4.40. The SMILES string of the molecule is CCCc1ccccc1-c1cccc2sc3ccccc3c12. The van der Waals surface area contributed by atoms with Gasteiger partial charge in [0.05, 0.1) is 0 Å². The lowest BCUT2D eigenvalue weighted by Gasteiger charge is -2.10. The number of aryl methyl sites for hydroxylation is 1. The molecule has 0 N–H and O–H groups in total. The lowest BCUT2D eigenvalue weighted by atomic mass is 9.93. The van der Waals surface area contributed by atoms with Gasteiger partial charge in [0.1, 0.15) is 0 Å². The van der Waals surface area contributed by atoms with Crippen molar-refractivity contribution in [2.45, 2.75) is 19.8 Å². The first-order valence-electron chi connectivity index (χ1n) is 7.87. The first kappa shape index (κ1) is 13.5. The molecule has 0 aliphatic carbocycles. The maximum absolute atomic E-state index is 2.27. The third-order valence-corrected chi connectivity index (χ3v) is 5.37. The van der Waals surface area contributed by atoms with Gasteiger partial charge in [-0.05, 0) is 35.2 Å². The Balaban J connectivity index is 2.07. The summed E-state index contributed by atoms with van der Waals surface area (Å²) in [5.74, 6) is 0. The molecule has 1 heteroatoms. The summed E-state index contributed by atoms with van der Waals surface area (Å²) in [7, 11) is 0. The van der Waals surface area contributed by atoms with E-state index in [0.717, 1.165) is 6.42 Å². The lowest BCUT2D eigenvalue weighted by molar-refractivity contribution is 0.924. The van der Waals surface area contributed by atoms with Crippen LogP contribution in [-0.4, -0.2) is 0 Å². The molecule has 1 aromatic heterocycles. The molecule has 4 aromatic rings. The Hall–Kier alpha value is -2.12. The third-order valence-electron chi connectivity index (χ3n) is 4.23. The highest BCUT2D eigenvalue weighted by molar-refractivity contribution is 7.25. The van der Waals surface area contributed by atoms with E-state index in [-0.39, 0.29) is 0 Å². The van der Waals surface area contributed by atoms with Gasteiger partial charge in [0.15, 0.2) is 0 Å². The first-order chi connectivity index (χ1) is 10.9. The molecule has 0 saturated carbocycles. The zero-order chi connectivity index (χ0) is 14.9. The fourth-order valence-electron chi connectivity index (χ4n) is 3.27. The molecule has 4 rings (SSSR count). The normalized spacial score (nSPS) is 11.3. The number of thiophene rings is 1. The molecule has 0 spiro atoms. The molecule has 22 heavy (non-hydrogen) atoms. The van der Waals surface area contributed by atoms with Crippen LogP contribution < -0.4 is 0 Å². The van der Waals surface area contributed by atoms with Crippen molar-refractivity contribution in [1.82, 2.24) is 0 Å². The minimum atomic E-state index is 1.13. The Bertz CT molecular complexity index is 946. The van der Waals surface area contributed by atoms with Gasteiger partial charge in [0.2, 0.25) is 0 Å². The fraction of sp³-hybridized carbons (Fsp3) is 0.143. The summed E-state index contributed by atoms with van der Waals surface area (Å²) in [6.45, 7) is 2.25. The second-order valence-corrected chi connectivity index (χ2v) is 6.77. The molecule has 0 fully saturated rings. The summed E-state index contributed by atoms with van der Waals surface area (Å²) < 4.78 is 2.75. The first-order valence-corrected chi connectivity index (χ1v) is 8.68. The zero-order valence-electron chi connectivity index (χ0n) is 12.7. The van der Waals surface area contributed by atoms with Crippen molar-refractivity contribution in [2.24, 2.45) is 0 Å². The molecule has 0 unspecified atom stereocenters. The smallest absolute Gasteiger partial charge is 0.0361 e. The van der Waals surface area contributed by atoms with Crippen molar-refractivity contribution in [3.05, 3.63) is 72.3 Å². The van der Waals surface area contributed by atoms with E-state index in [1.165, 1.54) is 43.3 Å². The van der Waals surface area contributed by atoms with E-state index in [1.807, 2.05) is 11.3 Å². The molecule has 0 atom stereocenters. The van der Waals surface area contributed by atoms with Crippen molar-refractivity contribution < 1.29 is 0 Å². The average molecular weight is 302 g/mol. The van der Waals surface area contributed by atoms with Crippen molar-refractivity contribution in [2.75, 3.05) is 0 Å². The maximum Gasteiger partial charge on any atom is 0.0361 e. The largest absolute Gasteiger partial charge is 0.135 e. The van der Waals surface area contributed by atoms with Crippen molar-refractivity contribution in [3.8, 4) is 11.1 Å². The van der Waals surface area contributed by atoms with Gasteiger partial charge < -0.3 is 0 Å². The van der Waals surface area contributed by atoms with Gasteiger partial charge in [-0.1, -0.05) is 67.9 Å². The van der Waals surface area contributed by atoms with Crippen LogP contribution in [0.15, 0.2) is 66.7 Å². The van der Waals surface area contributed by atoms with E-state index in [0.29, 0.717) is 0 Å². The van der Waals surface area contributed by atoms with E-state index in [1.54, 1.807) is 0 Å². The van der Waals surface area contributed by atoms with Crippen LogP contribution in [0.25, 0.3) is 31.3 Å². The summed E-state index contributed by atoms with van der Waals surface area (Å²) in [6, 6.07) is 24.3. The van der Waals surface area contributed by atoms with Gasteiger partial charge in [-0.25, -0.2) is 0 Å². The zero-order valence-corrected chi connectivity index (χ0v) is 13.5. The summed E-state index contributed by atoms with van der Waals surface area (Å²) in [4.78, 5) is 0. The topological polar surface area (TPSA) is 0 Å². The van der Waals surface area contributed by atoms with Gasteiger partial charge in [0, 0.05) is 20.2 Å². The number of rotatable bonds is 3. The minimum Gasteiger partial charge on any atom is -0.135 e. The number of fused-ring (bicyclic) bond motifs is 3. The van der Waals surface area contributed by atoms with Crippen LogP contribution in [0.4, 0.5) is 0 Å². The summed E-state index contributed by atoms with van der Waals surface area (Å²) in [5.41, 5.74) is 4.21. The number of hydrogen-bond acceptors (Lipinski definition) is 1. The third kappa shape index (κ3) is 2.13. The summed E-state index contributed by atoms with van der Waals surface area (Å²) in [5, 5.41) is 2.79. The lowest BCUT2D eigenvalue weighted by Crippen LogP contribution is -1.89. The van der Waals surface area contributed by atoms with Gasteiger partial charge in [-0.3, -0.25) is 0 Å². The standard InChI is InChI=1S/C21H18S/c1-2-8-15-9-3-4-10-16(15)17-12-7-14-20-21(17)18-11-5-6-13-19(18)22-20/h3-7,9-14H,2,8H2,1H3. The molecule has 0 amide bonds. The van der Waals surface area contributed by atoms with Crippen LogP contribution in [0.3, 0.4) is 0 Å². The van der Waals surface area contributed by atoms with E-state index in [2.05, 4.69) is 73.7 Å². The summed E-state index contributed by atoms with van der Waals surface area (Å²) in [6.07, 6.45) is 2.31. The van der Waals surface area contributed by atoms with E-state index < -0.39 is 0 Å². The number of hydrogen-bond donors (Lipinski definition) is 0. The number of benzene rings is 3. The minimum absolute atomic E-state index is 1.13.